The summed E-state index contributed by atoms with van der Waals surface area (Å²) in [5.74, 6) is 0. The Morgan fingerprint density at radius 2 is 2.00 bits per heavy atom. The molecule has 2 aromatic carbocycles. The van der Waals surface area contributed by atoms with Crippen molar-refractivity contribution in [2.45, 2.75) is 13.0 Å². The number of fused-ring (bicyclic) bond motifs is 1. The van der Waals surface area contributed by atoms with Crippen LogP contribution in [0.2, 0.25) is 0 Å². The standard InChI is InChI=1S/C15H14BrN3/c1-10(17)13-7-6-12(8-14(13)16)19-15-5-3-2-4-11(15)9-18-19/h2-10H,17H2,1H3/t10-/m1/s1. The molecule has 2 N–H and O–H groups in total. The van der Waals surface area contributed by atoms with Crippen molar-refractivity contribution in [1.82, 2.24) is 9.78 Å². The third-order valence-electron chi connectivity index (χ3n) is 3.20. The summed E-state index contributed by atoms with van der Waals surface area (Å²) >= 11 is 3.58. The number of nitrogens with zero attached hydrogens (tertiary/aromatic N) is 2. The van der Waals surface area contributed by atoms with E-state index in [1.807, 2.05) is 42.1 Å². The van der Waals surface area contributed by atoms with Gasteiger partial charge in [0, 0.05) is 15.9 Å². The lowest BCUT2D eigenvalue weighted by Crippen LogP contribution is -2.06. The first-order chi connectivity index (χ1) is 9.16. The Morgan fingerprint density at radius 3 is 2.74 bits per heavy atom. The second-order valence-electron chi connectivity index (χ2n) is 4.61. The van der Waals surface area contributed by atoms with Gasteiger partial charge in [0.1, 0.15) is 0 Å². The van der Waals surface area contributed by atoms with E-state index in [1.165, 1.54) is 0 Å². The van der Waals surface area contributed by atoms with Gasteiger partial charge in [0.15, 0.2) is 0 Å². The quantitative estimate of drug-likeness (QED) is 0.781. The summed E-state index contributed by atoms with van der Waals surface area (Å²) in [5, 5.41) is 5.58. The highest BCUT2D eigenvalue weighted by molar-refractivity contribution is 9.10. The van der Waals surface area contributed by atoms with Crippen molar-refractivity contribution in [3.05, 3.63) is 58.7 Å². The number of aromatic nitrogens is 2. The van der Waals surface area contributed by atoms with E-state index in [2.05, 4.69) is 39.2 Å². The Balaban J connectivity index is 2.14. The van der Waals surface area contributed by atoms with Gasteiger partial charge in [-0.2, -0.15) is 5.10 Å². The summed E-state index contributed by atoms with van der Waals surface area (Å²) in [6, 6.07) is 14.3. The minimum atomic E-state index is 0.0118. The fraction of sp³-hybridized carbons (Fsp3) is 0.133. The molecule has 0 amide bonds. The normalized spacial score (nSPS) is 12.8. The summed E-state index contributed by atoms with van der Waals surface area (Å²) < 4.78 is 2.95. The Morgan fingerprint density at radius 1 is 1.21 bits per heavy atom. The second kappa shape index (κ2) is 4.79. The highest BCUT2D eigenvalue weighted by atomic mass is 79.9. The molecular weight excluding hydrogens is 302 g/mol. The van der Waals surface area contributed by atoms with E-state index >= 15 is 0 Å². The van der Waals surface area contributed by atoms with Gasteiger partial charge in [0.25, 0.3) is 0 Å². The minimum Gasteiger partial charge on any atom is -0.324 e. The average Bonchev–Trinajstić information content (AvgIpc) is 2.82. The lowest BCUT2D eigenvalue weighted by molar-refractivity contribution is 0.810. The Bertz CT molecular complexity index is 731. The van der Waals surface area contributed by atoms with Gasteiger partial charge >= 0.3 is 0 Å². The zero-order valence-corrected chi connectivity index (χ0v) is 12.1. The molecule has 0 fully saturated rings. The number of hydrogen-bond acceptors (Lipinski definition) is 2. The van der Waals surface area contributed by atoms with Crippen LogP contribution in [0.25, 0.3) is 16.6 Å². The number of halogens is 1. The van der Waals surface area contributed by atoms with Crippen LogP contribution < -0.4 is 5.73 Å². The first-order valence-electron chi connectivity index (χ1n) is 6.15. The van der Waals surface area contributed by atoms with Crippen LogP contribution in [0, 0.1) is 0 Å². The van der Waals surface area contributed by atoms with Crippen LogP contribution >= 0.6 is 15.9 Å². The molecule has 96 valence electrons. The maximum atomic E-state index is 5.92. The molecule has 0 saturated heterocycles. The molecule has 3 nitrogen and oxygen atoms in total. The predicted molar refractivity (Wildman–Crippen MR) is 81.4 cm³/mol. The summed E-state index contributed by atoms with van der Waals surface area (Å²) in [5.41, 5.74) is 9.14. The number of rotatable bonds is 2. The Hall–Kier alpha value is -1.65. The van der Waals surface area contributed by atoms with Gasteiger partial charge in [-0.15, -0.1) is 0 Å². The molecule has 1 aromatic heterocycles. The van der Waals surface area contributed by atoms with Crippen LogP contribution in [-0.2, 0) is 0 Å². The third-order valence-corrected chi connectivity index (χ3v) is 3.88. The largest absolute Gasteiger partial charge is 0.324 e. The van der Waals surface area contributed by atoms with E-state index in [0.29, 0.717) is 0 Å². The minimum absolute atomic E-state index is 0.0118. The number of para-hydroxylation sites is 1. The van der Waals surface area contributed by atoms with Gasteiger partial charge in [-0.25, -0.2) is 4.68 Å². The van der Waals surface area contributed by atoms with Crippen molar-refractivity contribution in [1.29, 1.82) is 0 Å². The van der Waals surface area contributed by atoms with Crippen LogP contribution in [0.15, 0.2) is 53.1 Å². The zero-order valence-electron chi connectivity index (χ0n) is 10.5. The van der Waals surface area contributed by atoms with E-state index in [9.17, 15) is 0 Å². The molecule has 3 rings (SSSR count). The monoisotopic (exact) mass is 315 g/mol. The van der Waals surface area contributed by atoms with Crippen LogP contribution in [0.5, 0.6) is 0 Å². The molecule has 3 aromatic rings. The molecule has 0 bridgehead atoms. The van der Waals surface area contributed by atoms with E-state index < -0.39 is 0 Å². The molecule has 4 heteroatoms. The predicted octanol–water partition coefficient (Wildman–Crippen LogP) is 3.81. The first-order valence-corrected chi connectivity index (χ1v) is 6.94. The average molecular weight is 316 g/mol. The van der Waals surface area contributed by atoms with E-state index in [4.69, 9.17) is 5.73 Å². The van der Waals surface area contributed by atoms with Crippen LogP contribution in [0.3, 0.4) is 0 Å². The number of benzene rings is 2. The van der Waals surface area contributed by atoms with Gasteiger partial charge in [0.05, 0.1) is 17.4 Å². The number of nitrogens with two attached hydrogens (primary N) is 1. The van der Waals surface area contributed by atoms with Crippen LogP contribution in [-0.4, -0.2) is 9.78 Å². The number of hydrogen-bond donors (Lipinski definition) is 1. The van der Waals surface area contributed by atoms with E-state index in [0.717, 1.165) is 26.6 Å². The molecule has 0 aliphatic rings. The molecule has 1 heterocycles. The Kier molecular flexibility index (Phi) is 3.12. The Labute approximate surface area is 120 Å². The van der Waals surface area contributed by atoms with Crippen molar-refractivity contribution in [3.8, 4) is 5.69 Å². The van der Waals surface area contributed by atoms with Crippen molar-refractivity contribution in [3.63, 3.8) is 0 Å². The van der Waals surface area contributed by atoms with Crippen molar-refractivity contribution >= 4 is 26.8 Å². The molecule has 0 aliphatic heterocycles. The van der Waals surface area contributed by atoms with Gasteiger partial charge in [-0.1, -0.05) is 40.2 Å². The third kappa shape index (κ3) is 2.17. The van der Waals surface area contributed by atoms with Crippen molar-refractivity contribution < 1.29 is 0 Å². The lowest BCUT2D eigenvalue weighted by Gasteiger charge is -2.11. The molecule has 0 aliphatic carbocycles. The molecule has 0 spiro atoms. The molecule has 0 saturated carbocycles. The topological polar surface area (TPSA) is 43.8 Å². The second-order valence-corrected chi connectivity index (χ2v) is 5.46. The molecular formula is C15H14BrN3. The van der Waals surface area contributed by atoms with Crippen LogP contribution in [0.1, 0.15) is 18.5 Å². The van der Waals surface area contributed by atoms with Gasteiger partial charge < -0.3 is 5.73 Å². The molecule has 0 unspecified atom stereocenters. The summed E-state index contributed by atoms with van der Waals surface area (Å²) in [7, 11) is 0. The summed E-state index contributed by atoms with van der Waals surface area (Å²) in [6.45, 7) is 1.98. The van der Waals surface area contributed by atoms with Gasteiger partial charge in [-0.05, 0) is 30.7 Å². The highest BCUT2D eigenvalue weighted by Gasteiger charge is 2.09. The fourth-order valence-corrected chi connectivity index (χ4v) is 2.92. The van der Waals surface area contributed by atoms with Crippen molar-refractivity contribution in [2.75, 3.05) is 0 Å². The lowest BCUT2D eigenvalue weighted by atomic mass is 10.1. The SMILES string of the molecule is C[C@@H](N)c1ccc(-n2ncc3ccccc32)cc1Br. The van der Waals surface area contributed by atoms with Crippen LogP contribution in [0.4, 0.5) is 0 Å². The first kappa shape index (κ1) is 12.4. The fourth-order valence-electron chi connectivity index (χ4n) is 2.19. The molecule has 0 radical (unpaired) electrons. The zero-order chi connectivity index (χ0) is 13.4. The van der Waals surface area contributed by atoms with E-state index in [-0.39, 0.29) is 6.04 Å². The smallest absolute Gasteiger partial charge is 0.0741 e. The molecule has 19 heavy (non-hydrogen) atoms. The van der Waals surface area contributed by atoms with Gasteiger partial charge in [-0.3, -0.25) is 0 Å². The maximum Gasteiger partial charge on any atom is 0.0741 e. The van der Waals surface area contributed by atoms with E-state index in [1.54, 1.807) is 0 Å². The summed E-state index contributed by atoms with van der Waals surface area (Å²) in [4.78, 5) is 0. The maximum absolute atomic E-state index is 5.92. The molecule has 1 atom stereocenters. The highest BCUT2D eigenvalue weighted by Crippen LogP contribution is 2.26. The van der Waals surface area contributed by atoms with Gasteiger partial charge in [0.2, 0.25) is 0 Å². The van der Waals surface area contributed by atoms with Crippen molar-refractivity contribution in [2.24, 2.45) is 5.73 Å². The summed E-state index contributed by atoms with van der Waals surface area (Å²) in [6.07, 6.45) is 1.88.